The van der Waals surface area contributed by atoms with Crippen LogP contribution in [-0.2, 0) is 13.0 Å². The molecule has 0 aliphatic carbocycles. The normalized spacial score (nSPS) is 13.8. The summed E-state index contributed by atoms with van der Waals surface area (Å²) in [4.78, 5) is 21.1. The van der Waals surface area contributed by atoms with Gasteiger partial charge < -0.3 is 9.88 Å². The summed E-state index contributed by atoms with van der Waals surface area (Å²) in [6.07, 6.45) is 1.06. The Balaban J connectivity index is 1.82. The number of para-hydroxylation sites is 1. The highest BCUT2D eigenvalue weighted by Crippen LogP contribution is 2.09. The molecular weight excluding hydrogens is 298 g/mol. The molecule has 0 fully saturated rings. The van der Waals surface area contributed by atoms with E-state index in [0.717, 1.165) is 24.3 Å². The number of hydrogen-bond donors (Lipinski definition) is 2. The van der Waals surface area contributed by atoms with Gasteiger partial charge in [0.05, 0.1) is 18.0 Å². The molecule has 4 nitrogen and oxygen atoms in total. The van der Waals surface area contributed by atoms with E-state index in [1.54, 1.807) is 0 Å². The first-order valence-corrected chi connectivity index (χ1v) is 8.47. The van der Waals surface area contributed by atoms with Crippen LogP contribution in [0.1, 0.15) is 36.8 Å². The number of H-pyrrole nitrogens is 1. The third-order valence-corrected chi connectivity index (χ3v) is 4.69. The van der Waals surface area contributed by atoms with E-state index in [4.69, 9.17) is 0 Å². The largest absolute Gasteiger partial charge is 0.325 e. The highest BCUT2D eigenvalue weighted by Gasteiger charge is 2.19. The Morgan fingerprint density at radius 1 is 1.08 bits per heavy atom. The van der Waals surface area contributed by atoms with Crippen LogP contribution >= 0.6 is 0 Å². The van der Waals surface area contributed by atoms with Crippen molar-refractivity contribution < 1.29 is 4.90 Å². The summed E-state index contributed by atoms with van der Waals surface area (Å²) in [5, 5.41) is 0.640. The van der Waals surface area contributed by atoms with Crippen molar-refractivity contribution in [3.05, 3.63) is 75.8 Å². The number of aryl methyl sites for hydroxylation is 1. The first-order valence-electron chi connectivity index (χ1n) is 8.47. The second kappa shape index (κ2) is 6.97. The Bertz CT molecular complexity index is 883. The number of rotatable bonds is 5. The minimum atomic E-state index is -0.0671. The van der Waals surface area contributed by atoms with E-state index >= 15 is 0 Å². The van der Waals surface area contributed by atoms with Gasteiger partial charge in [0.2, 0.25) is 0 Å². The van der Waals surface area contributed by atoms with E-state index in [9.17, 15) is 4.79 Å². The second-order valence-electron chi connectivity index (χ2n) is 6.38. The molecule has 24 heavy (non-hydrogen) atoms. The van der Waals surface area contributed by atoms with Gasteiger partial charge in [-0.1, -0.05) is 43.3 Å². The van der Waals surface area contributed by atoms with Gasteiger partial charge in [-0.15, -0.1) is 0 Å². The maximum Gasteiger partial charge on any atom is 0.258 e. The monoisotopic (exact) mass is 322 g/mol. The van der Waals surface area contributed by atoms with E-state index in [-0.39, 0.29) is 11.6 Å². The van der Waals surface area contributed by atoms with Gasteiger partial charge in [0.15, 0.2) is 5.82 Å². The molecule has 3 aromatic rings. The quantitative estimate of drug-likeness (QED) is 0.757. The van der Waals surface area contributed by atoms with Gasteiger partial charge in [0, 0.05) is 5.56 Å². The van der Waals surface area contributed by atoms with Crippen LogP contribution in [-0.4, -0.2) is 17.0 Å². The molecule has 0 radical (unpaired) electrons. The summed E-state index contributed by atoms with van der Waals surface area (Å²) in [5.74, 6) is 0.737. The standard InChI is InChI=1S/C20H23N3O/c1-4-15-9-11-16(12-10-15)13-23(3)14(2)19-21-18-8-6-5-7-17(18)20(24)22-19/h5-12,14H,4,13H2,1-3H3,(H,21,22,24)/p+1/t14-/m1/s1. The summed E-state index contributed by atoms with van der Waals surface area (Å²) < 4.78 is 0. The Kier molecular flexibility index (Phi) is 4.76. The minimum absolute atomic E-state index is 0.0671. The lowest BCUT2D eigenvalue weighted by Crippen LogP contribution is -3.07. The molecule has 0 saturated heterocycles. The number of fused-ring (bicyclic) bond motifs is 1. The average molecular weight is 322 g/mol. The van der Waals surface area contributed by atoms with Crippen LogP contribution in [0.4, 0.5) is 0 Å². The molecule has 0 aliphatic rings. The molecule has 1 aromatic heterocycles. The minimum Gasteiger partial charge on any atom is -0.325 e. The Hall–Kier alpha value is -2.46. The van der Waals surface area contributed by atoms with Gasteiger partial charge in [0.25, 0.3) is 5.56 Å². The summed E-state index contributed by atoms with van der Waals surface area (Å²) in [5.41, 5.74) is 3.33. The molecule has 1 heterocycles. The molecular formula is C20H24N3O+. The average Bonchev–Trinajstić information content (AvgIpc) is 2.61. The van der Waals surface area contributed by atoms with Crippen LogP contribution in [0.2, 0.25) is 0 Å². The zero-order valence-corrected chi connectivity index (χ0v) is 14.5. The summed E-state index contributed by atoms with van der Waals surface area (Å²) in [6, 6.07) is 16.3. The molecule has 124 valence electrons. The van der Waals surface area contributed by atoms with E-state index in [1.807, 2.05) is 24.3 Å². The molecule has 0 bridgehead atoms. The van der Waals surface area contributed by atoms with Gasteiger partial charge >= 0.3 is 0 Å². The smallest absolute Gasteiger partial charge is 0.258 e. The first kappa shape index (κ1) is 16.4. The third-order valence-electron chi connectivity index (χ3n) is 4.69. The molecule has 0 aliphatic heterocycles. The zero-order chi connectivity index (χ0) is 17.1. The van der Waals surface area contributed by atoms with Crippen LogP contribution in [0.5, 0.6) is 0 Å². The van der Waals surface area contributed by atoms with Crippen LogP contribution < -0.4 is 10.5 Å². The topological polar surface area (TPSA) is 50.2 Å². The van der Waals surface area contributed by atoms with Crippen molar-refractivity contribution >= 4 is 10.9 Å². The highest BCUT2D eigenvalue weighted by molar-refractivity contribution is 5.77. The summed E-state index contributed by atoms with van der Waals surface area (Å²) in [7, 11) is 2.13. The van der Waals surface area contributed by atoms with Crippen molar-refractivity contribution in [2.24, 2.45) is 0 Å². The van der Waals surface area contributed by atoms with E-state index in [0.29, 0.717) is 5.39 Å². The molecule has 2 atom stereocenters. The molecule has 3 rings (SSSR count). The van der Waals surface area contributed by atoms with Gasteiger partial charge in [-0.3, -0.25) is 4.79 Å². The fraction of sp³-hybridized carbons (Fsp3) is 0.300. The lowest BCUT2D eigenvalue weighted by atomic mass is 10.1. The van der Waals surface area contributed by atoms with Crippen molar-refractivity contribution in [1.29, 1.82) is 0 Å². The van der Waals surface area contributed by atoms with Gasteiger partial charge in [-0.25, -0.2) is 4.98 Å². The van der Waals surface area contributed by atoms with Crippen molar-refractivity contribution in [3.63, 3.8) is 0 Å². The molecule has 4 heteroatoms. The number of hydrogen-bond acceptors (Lipinski definition) is 2. The zero-order valence-electron chi connectivity index (χ0n) is 14.5. The van der Waals surface area contributed by atoms with Crippen LogP contribution in [0.15, 0.2) is 53.3 Å². The van der Waals surface area contributed by atoms with Gasteiger partial charge in [-0.2, -0.15) is 0 Å². The molecule has 2 N–H and O–H groups in total. The van der Waals surface area contributed by atoms with Crippen molar-refractivity contribution in [2.45, 2.75) is 32.9 Å². The van der Waals surface area contributed by atoms with Crippen LogP contribution in [0.25, 0.3) is 10.9 Å². The Morgan fingerprint density at radius 3 is 2.46 bits per heavy atom. The maximum absolute atomic E-state index is 12.3. The van der Waals surface area contributed by atoms with Crippen molar-refractivity contribution in [2.75, 3.05) is 7.05 Å². The molecule has 1 unspecified atom stereocenters. The van der Waals surface area contributed by atoms with Gasteiger partial charge in [0.1, 0.15) is 12.6 Å². The number of nitrogens with zero attached hydrogens (tertiary/aromatic N) is 1. The maximum atomic E-state index is 12.3. The summed E-state index contributed by atoms with van der Waals surface area (Å²) in [6.45, 7) is 5.15. The van der Waals surface area contributed by atoms with Crippen molar-refractivity contribution in [1.82, 2.24) is 9.97 Å². The summed E-state index contributed by atoms with van der Waals surface area (Å²) >= 11 is 0. The lowest BCUT2D eigenvalue weighted by molar-refractivity contribution is -0.924. The van der Waals surface area contributed by atoms with Crippen LogP contribution in [0.3, 0.4) is 0 Å². The molecule has 2 aromatic carbocycles. The number of benzene rings is 2. The van der Waals surface area contributed by atoms with E-state index < -0.39 is 0 Å². The Morgan fingerprint density at radius 2 is 1.75 bits per heavy atom. The van der Waals surface area contributed by atoms with Crippen LogP contribution in [0, 0.1) is 0 Å². The predicted octanol–water partition coefficient (Wildman–Crippen LogP) is 2.26. The number of nitrogens with one attached hydrogen (secondary N) is 2. The number of aromatic amines is 1. The lowest BCUT2D eigenvalue weighted by Gasteiger charge is -2.21. The molecule has 0 amide bonds. The fourth-order valence-electron chi connectivity index (χ4n) is 2.91. The third kappa shape index (κ3) is 3.39. The van der Waals surface area contributed by atoms with Crippen molar-refractivity contribution in [3.8, 4) is 0 Å². The molecule has 0 saturated carbocycles. The first-order chi connectivity index (χ1) is 11.6. The number of aromatic nitrogens is 2. The Labute approximate surface area is 142 Å². The molecule has 0 spiro atoms. The fourth-order valence-corrected chi connectivity index (χ4v) is 2.91. The second-order valence-corrected chi connectivity index (χ2v) is 6.38. The number of quaternary nitrogens is 1. The SMILES string of the molecule is CCc1ccc(C[NH+](C)[C@H](C)c2nc3ccccc3c(=O)[nH]2)cc1. The van der Waals surface area contributed by atoms with E-state index in [2.05, 4.69) is 55.1 Å². The van der Waals surface area contributed by atoms with Gasteiger partial charge in [-0.05, 0) is 31.0 Å². The predicted molar refractivity (Wildman–Crippen MR) is 97.2 cm³/mol. The highest BCUT2D eigenvalue weighted by atomic mass is 16.1. The van der Waals surface area contributed by atoms with E-state index in [1.165, 1.54) is 16.0 Å².